The maximum atomic E-state index is 14.8. The van der Waals surface area contributed by atoms with Crippen LogP contribution in [0.2, 0.25) is 0 Å². The van der Waals surface area contributed by atoms with Crippen molar-refractivity contribution in [2.75, 3.05) is 6.61 Å². The van der Waals surface area contributed by atoms with Gasteiger partial charge in [-0.05, 0) is 137 Å². The lowest BCUT2D eigenvalue weighted by Gasteiger charge is -2.38. The second-order valence-electron chi connectivity index (χ2n) is 13.0. The number of benzene rings is 2. The van der Waals surface area contributed by atoms with Crippen LogP contribution in [0, 0.1) is 41.0 Å². The molecule has 3 aliphatic rings. The van der Waals surface area contributed by atoms with Gasteiger partial charge in [-0.1, -0.05) is 31.5 Å². The first-order valence-corrected chi connectivity index (χ1v) is 16.6. The van der Waals surface area contributed by atoms with Crippen LogP contribution in [0.15, 0.2) is 24.3 Å². The number of esters is 1. The number of carbonyl (C=O) groups excluding carboxylic acids is 1. The molecule has 0 aromatic heterocycles. The Morgan fingerprint density at radius 3 is 1.79 bits per heavy atom. The molecule has 0 radical (unpaired) electrons. The molecule has 2 aromatic carbocycles. The van der Waals surface area contributed by atoms with Crippen LogP contribution in [0.25, 0.3) is 0 Å². The van der Waals surface area contributed by atoms with E-state index in [2.05, 4.69) is 0 Å². The van der Waals surface area contributed by atoms with Gasteiger partial charge in [-0.3, -0.25) is 4.79 Å². The molecule has 3 fully saturated rings. The van der Waals surface area contributed by atoms with E-state index in [9.17, 15) is 22.4 Å². The topological polar surface area (TPSA) is 35.5 Å². The molecule has 7 heteroatoms. The number of hydrogen-bond acceptors (Lipinski definition) is 3. The van der Waals surface area contributed by atoms with Gasteiger partial charge in [0.1, 0.15) is 6.10 Å². The van der Waals surface area contributed by atoms with Crippen molar-refractivity contribution in [3.05, 3.63) is 64.2 Å². The van der Waals surface area contributed by atoms with Crippen molar-refractivity contribution in [2.45, 2.75) is 122 Å². The zero-order valence-electron chi connectivity index (χ0n) is 25.6. The summed E-state index contributed by atoms with van der Waals surface area (Å²) in [5.74, 6) is -2.22. The maximum Gasteiger partial charge on any atom is 0.309 e. The van der Waals surface area contributed by atoms with Crippen LogP contribution in [0.4, 0.5) is 17.6 Å². The molecule has 0 saturated heterocycles. The number of rotatable bonds is 9. The fourth-order valence-corrected chi connectivity index (χ4v) is 7.99. The van der Waals surface area contributed by atoms with Gasteiger partial charge in [-0.25, -0.2) is 13.2 Å². The van der Waals surface area contributed by atoms with E-state index in [4.69, 9.17) is 9.47 Å². The summed E-state index contributed by atoms with van der Waals surface area (Å²) in [6.45, 7) is 3.99. The monoisotopic (exact) mass is 602 g/mol. The fraction of sp³-hybridized carbons (Fsp3) is 0.639. The zero-order chi connectivity index (χ0) is 30.5. The van der Waals surface area contributed by atoms with Gasteiger partial charge in [0.25, 0.3) is 0 Å². The van der Waals surface area contributed by atoms with Crippen molar-refractivity contribution >= 4 is 5.97 Å². The maximum absolute atomic E-state index is 14.8. The highest BCUT2D eigenvalue weighted by Gasteiger charge is 2.36. The van der Waals surface area contributed by atoms with Gasteiger partial charge in [0.2, 0.25) is 5.82 Å². The van der Waals surface area contributed by atoms with Gasteiger partial charge in [-0.15, -0.1) is 0 Å². The lowest BCUT2D eigenvalue weighted by Crippen LogP contribution is -2.32. The minimum absolute atomic E-state index is 0.0266. The summed E-state index contributed by atoms with van der Waals surface area (Å²) < 4.78 is 69.5. The summed E-state index contributed by atoms with van der Waals surface area (Å²) >= 11 is 0. The minimum Gasteiger partial charge on any atom is -0.491 e. The third-order valence-corrected chi connectivity index (χ3v) is 10.5. The van der Waals surface area contributed by atoms with E-state index in [-0.39, 0.29) is 35.6 Å². The molecular weight excluding hydrogens is 556 g/mol. The quantitative estimate of drug-likeness (QED) is 0.212. The summed E-state index contributed by atoms with van der Waals surface area (Å²) in [7, 11) is 0. The third kappa shape index (κ3) is 7.23. The summed E-state index contributed by atoms with van der Waals surface area (Å²) in [5, 5.41) is 0. The predicted octanol–water partition coefficient (Wildman–Crippen LogP) is 9.94. The Morgan fingerprint density at radius 1 is 0.674 bits per heavy atom. The molecule has 3 saturated carbocycles. The number of aryl methyl sites for hydroxylation is 1. The van der Waals surface area contributed by atoms with Gasteiger partial charge < -0.3 is 9.47 Å². The SMILES string of the molecule is CCCc1ccc(C2CCC(OC(=O)C3CCC(C4CCC(c5ccc(OCC)c(F)c5F)CC4)CC3)CC2)c(F)c1F. The Bertz CT molecular complexity index is 1240. The lowest BCUT2D eigenvalue weighted by atomic mass is 9.68. The summed E-state index contributed by atoms with van der Waals surface area (Å²) in [4.78, 5) is 13.0. The molecule has 43 heavy (non-hydrogen) atoms. The largest absolute Gasteiger partial charge is 0.491 e. The van der Waals surface area contributed by atoms with Crippen molar-refractivity contribution in [2.24, 2.45) is 17.8 Å². The van der Waals surface area contributed by atoms with Crippen molar-refractivity contribution in [3.8, 4) is 5.75 Å². The normalized spacial score (nSPS) is 28.0. The molecule has 0 heterocycles. The molecule has 0 N–H and O–H groups in total. The van der Waals surface area contributed by atoms with Gasteiger partial charge >= 0.3 is 5.97 Å². The number of hydrogen-bond donors (Lipinski definition) is 0. The van der Waals surface area contributed by atoms with E-state index >= 15 is 0 Å². The Hall–Kier alpha value is -2.57. The van der Waals surface area contributed by atoms with Crippen molar-refractivity contribution in [1.29, 1.82) is 0 Å². The lowest BCUT2D eigenvalue weighted by molar-refractivity contribution is -0.157. The predicted molar refractivity (Wildman–Crippen MR) is 159 cm³/mol. The molecule has 0 amide bonds. The molecule has 0 atom stereocenters. The molecule has 3 nitrogen and oxygen atoms in total. The van der Waals surface area contributed by atoms with Gasteiger partial charge in [0.05, 0.1) is 12.5 Å². The van der Waals surface area contributed by atoms with E-state index < -0.39 is 23.3 Å². The molecule has 3 aliphatic carbocycles. The Kier molecular flexibility index (Phi) is 10.7. The Balaban J connectivity index is 1.04. The van der Waals surface area contributed by atoms with E-state index in [1.165, 1.54) is 0 Å². The van der Waals surface area contributed by atoms with Crippen LogP contribution < -0.4 is 4.74 Å². The van der Waals surface area contributed by atoms with Crippen molar-refractivity contribution < 1.29 is 31.8 Å². The van der Waals surface area contributed by atoms with Gasteiger partial charge in [0.15, 0.2) is 23.2 Å². The molecule has 5 rings (SSSR count). The number of ether oxygens (including phenoxy) is 2. The molecule has 2 aromatic rings. The summed E-state index contributed by atoms with van der Waals surface area (Å²) in [5.41, 5.74) is 1.35. The van der Waals surface area contributed by atoms with Crippen LogP contribution in [0.1, 0.15) is 126 Å². The van der Waals surface area contributed by atoms with Crippen LogP contribution >= 0.6 is 0 Å². The fourth-order valence-electron chi connectivity index (χ4n) is 7.99. The van der Waals surface area contributed by atoms with Gasteiger partial charge in [0, 0.05) is 0 Å². The first-order valence-electron chi connectivity index (χ1n) is 16.6. The number of halogens is 4. The smallest absolute Gasteiger partial charge is 0.309 e. The van der Waals surface area contributed by atoms with E-state index in [0.29, 0.717) is 67.2 Å². The molecule has 0 bridgehead atoms. The average molecular weight is 603 g/mol. The number of carbonyl (C=O) groups is 1. The molecular formula is C36H46F4O3. The minimum atomic E-state index is -0.888. The van der Waals surface area contributed by atoms with E-state index in [1.54, 1.807) is 31.2 Å². The van der Waals surface area contributed by atoms with Crippen LogP contribution in [-0.4, -0.2) is 18.7 Å². The molecule has 0 unspecified atom stereocenters. The standard InChI is InChI=1S/C36H46F4O3/c1-3-5-26-16-19-29(33(38)32(26)37)25-14-17-28(18-15-25)43-36(41)27-12-8-23(9-13-27)22-6-10-24(11-7-22)30-20-21-31(42-4-2)35(40)34(30)39/h16,19-25,27-28H,3-15,17-18H2,1-2H3. The zero-order valence-corrected chi connectivity index (χ0v) is 25.6. The molecule has 0 aliphatic heterocycles. The van der Waals surface area contributed by atoms with E-state index in [1.807, 2.05) is 6.92 Å². The summed E-state index contributed by atoms with van der Waals surface area (Å²) in [6.07, 6.45) is 11.2. The van der Waals surface area contributed by atoms with Crippen LogP contribution in [0.5, 0.6) is 5.75 Å². The summed E-state index contributed by atoms with van der Waals surface area (Å²) in [6, 6.07) is 6.68. The first kappa shape index (κ1) is 31.8. The van der Waals surface area contributed by atoms with E-state index in [0.717, 1.165) is 57.8 Å². The second kappa shape index (κ2) is 14.5. The highest BCUT2D eigenvalue weighted by Crippen LogP contribution is 2.45. The average Bonchev–Trinajstić information content (AvgIpc) is 3.03. The Labute approximate surface area is 253 Å². The first-order chi connectivity index (χ1) is 20.8. The molecule has 236 valence electrons. The van der Waals surface area contributed by atoms with Crippen LogP contribution in [-0.2, 0) is 16.0 Å². The van der Waals surface area contributed by atoms with Crippen LogP contribution in [0.3, 0.4) is 0 Å². The second-order valence-corrected chi connectivity index (χ2v) is 13.0. The third-order valence-electron chi connectivity index (χ3n) is 10.5. The van der Waals surface area contributed by atoms with Crippen molar-refractivity contribution in [1.82, 2.24) is 0 Å². The van der Waals surface area contributed by atoms with Crippen molar-refractivity contribution in [3.63, 3.8) is 0 Å². The van der Waals surface area contributed by atoms with Gasteiger partial charge in [-0.2, -0.15) is 4.39 Å². The highest BCUT2D eigenvalue weighted by atomic mass is 19.2. The molecule has 0 spiro atoms. The Morgan fingerprint density at radius 2 is 1.21 bits per heavy atom. The highest BCUT2D eigenvalue weighted by molar-refractivity contribution is 5.72.